The van der Waals surface area contributed by atoms with Gasteiger partial charge in [0.25, 0.3) is 5.06 Å². The summed E-state index contributed by atoms with van der Waals surface area (Å²) < 4.78 is 8.29. The zero-order valence-electron chi connectivity index (χ0n) is 8.64. The van der Waals surface area contributed by atoms with Crippen LogP contribution in [0.3, 0.4) is 0 Å². The van der Waals surface area contributed by atoms with Crippen molar-refractivity contribution in [3.8, 4) is 0 Å². The van der Waals surface area contributed by atoms with Gasteiger partial charge in [-0.15, -0.1) is 11.6 Å². The first-order valence-electron chi connectivity index (χ1n) is 4.88. The summed E-state index contributed by atoms with van der Waals surface area (Å²) in [5, 5.41) is -2.68. The maximum Gasteiger partial charge on any atom is 0.357 e. The lowest BCUT2D eigenvalue weighted by atomic mass is 10.2. The second-order valence-electron chi connectivity index (χ2n) is 3.49. The number of esters is 1. The summed E-state index contributed by atoms with van der Waals surface area (Å²) >= 11 is 23.6. The van der Waals surface area contributed by atoms with Crippen LogP contribution in [0.1, 0.15) is 19.8 Å². The van der Waals surface area contributed by atoms with Crippen LogP contribution in [0.15, 0.2) is 0 Å². The van der Waals surface area contributed by atoms with Crippen LogP contribution < -0.4 is 0 Å². The van der Waals surface area contributed by atoms with Crippen LogP contribution in [-0.2, 0) is 14.3 Å². The molecule has 1 rings (SSSR count). The summed E-state index contributed by atoms with van der Waals surface area (Å²) in [6.07, 6.45) is 1.63. The second-order valence-corrected chi connectivity index (χ2v) is 5.93. The van der Waals surface area contributed by atoms with Gasteiger partial charge in [0.05, 0.1) is 18.6 Å². The molecule has 1 aliphatic rings. The maximum absolute atomic E-state index is 11.7. The molecule has 1 fully saturated rings. The summed E-state index contributed by atoms with van der Waals surface area (Å²) in [5.74, 6) is -0.796. The van der Waals surface area contributed by atoms with E-state index in [4.69, 9.17) is 55.9 Å². The van der Waals surface area contributed by atoms with Gasteiger partial charge in [0.15, 0.2) is 4.33 Å². The van der Waals surface area contributed by atoms with Crippen LogP contribution in [0.2, 0.25) is 0 Å². The van der Waals surface area contributed by atoms with Gasteiger partial charge in [-0.3, -0.25) is 0 Å². The lowest BCUT2D eigenvalue weighted by molar-refractivity contribution is -0.158. The first-order chi connectivity index (χ1) is 7.36. The molecular weight excluding hydrogens is 298 g/mol. The number of alkyl halides is 4. The Morgan fingerprint density at radius 3 is 2.56 bits per heavy atom. The van der Waals surface area contributed by atoms with E-state index in [2.05, 4.69) is 0 Å². The van der Waals surface area contributed by atoms with Crippen LogP contribution >= 0.6 is 46.4 Å². The minimum atomic E-state index is -1.92. The highest BCUT2D eigenvalue weighted by atomic mass is 35.5. The fraction of sp³-hybridized carbons (Fsp3) is 0.889. The van der Waals surface area contributed by atoms with Crippen LogP contribution in [-0.4, -0.2) is 34.0 Å². The SMILES string of the molecule is CCCCOC(=O)C1(Cl)OCC(Cl)C1(Cl)Cl. The van der Waals surface area contributed by atoms with E-state index in [9.17, 15) is 4.79 Å². The van der Waals surface area contributed by atoms with Crippen molar-refractivity contribution < 1.29 is 14.3 Å². The third-order valence-electron chi connectivity index (χ3n) is 2.24. The Bertz CT molecular complexity index is 271. The third-order valence-corrected chi connectivity index (χ3v) is 4.74. The maximum atomic E-state index is 11.7. The smallest absolute Gasteiger partial charge is 0.357 e. The Kier molecular flexibility index (Phi) is 5.03. The van der Waals surface area contributed by atoms with Gasteiger partial charge in [0.1, 0.15) is 0 Å². The van der Waals surface area contributed by atoms with Gasteiger partial charge in [0.2, 0.25) is 0 Å². The Hall–Kier alpha value is 0.590. The topological polar surface area (TPSA) is 35.5 Å². The average molecular weight is 310 g/mol. The minimum absolute atomic E-state index is 0.000926. The fourth-order valence-corrected chi connectivity index (χ4v) is 2.10. The van der Waals surface area contributed by atoms with Crippen molar-refractivity contribution in [2.75, 3.05) is 13.2 Å². The van der Waals surface area contributed by atoms with E-state index in [0.29, 0.717) is 0 Å². The second kappa shape index (κ2) is 5.49. The van der Waals surface area contributed by atoms with Crippen molar-refractivity contribution in [3.63, 3.8) is 0 Å². The molecule has 0 spiro atoms. The van der Waals surface area contributed by atoms with E-state index in [-0.39, 0.29) is 13.2 Å². The average Bonchev–Trinajstić information content (AvgIpc) is 2.43. The molecule has 0 bridgehead atoms. The van der Waals surface area contributed by atoms with Gasteiger partial charge in [-0.05, 0) is 6.42 Å². The van der Waals surface area contributed by atoms with E-state index < -0.39 is 20.7 Å². The van der Waals surface area contributed by atoms with Gasteiger partial charge >= 0.3 is 5.97 Å². The molecular formula is C9H12Cl4O3. The van der Waals surface area contributed by atoms with Crippen LogP contribution in [0, 0.1) is 0 Å². The number of ether oxygens (including phenoxy) is 2. The van der Waals surface area contributed by atoms with Crippen LogP contribution in [0.5, 0.6) is 0 Å². The molecule has 1 saturated heterocycles. The monoisotopic (exact) mass is 308 g/mol. The summed E-state index contributed by atoms with van der Waals surface area (Å²) in [5.41, 5.74) is 0. The van der Waals surface area contributed by atoms with Crippen molar-refractivity contribution in [1.29, 1.82) is 0 Å². The Morgan fingerprint density at radius 1 is 1.50 bits per heavy atom. The summed E-state index contributed by atoms with van der Waals surface area (Å²) in [6, 6.07) is 0. The van der Waals surface area contributed by atoms with Crippen LogP contribution in [0.4, 0.5) is 0 Å². The summed E-state index contributed by atoms with van der Waals surface area (Å²) in [7, 11) is 0. The van der Waals surface area contributed by atoms with Crippen molar-refractivity contribution in [3.05, 3.63) is 0 Å². The normalized spacial score (nSPS) is 32.7. The highest BCUT2D eigenvalue weighted by Crippen LogP contribution is 2.50. The Balaban J connectivity index is 2.67. The summed E-state index contributed by atoms with van der Waals surface area (Å²) in [6.45, 7) is 2.23. The molecule has 0 aromatic carbocycles. The molecule has 0 amide bonds. The predicted octanol–water partition coefficient (Wildman–Crippen LogP) is 3.08. The van der Waals surface area contributed by atoms with E-state index in [0.717, 1.165) is 12.8 Å². The van der Waals surface area contributed by atoms with Gasteiger partial charge in [-0.25, -0.2) is 4.79 Å². The van der Waals surface area contributed by atoms with Gasteiger partial charge in [-0.1, -0.05) is 48.1 Å². The van der Waals surface area contributed by atoms with E-state index in [1.165, 1.54) is 0 Å². The fourth-order valence-electron chi connectivity index (χ4n) is 1.19. The molecule has 0 N–H and O–H groups in total. The first-order valence-corrected chi connectivity index (χ1v) is 6.45. The molecule has 3 nitrogen and oxygen atoms in total. The number of carbonyl (C=O) groups excluding carboxylic acids is 1. The van der Waals surface area contributed by atoms with E-state index in [1.807, 2.05) is 6.92 Å². The molecule has 1 heterocycles. The molecule has 0 saturated carbocycles. The molecule has 7 heteroatoms. The molecule has 94 valence electrons. The van der Waals surface area contributed by atoms with Crippen molar-refractivity contribution in [2.24, 2.45) is 0 Å². The number of hydrogen-bond acceptors (Lipinski definition) is 3. The molecule has 0 radical (unpaired) electrons. The molecule has 0 aromatic heterocycles. The molecule has 0 aliphatic carbocycles. The largest absolute Gasteiger partial charge is 0.463 e. The van der Waals surface area contributed by atoms with Crippen molar-refractivity contribution in [1.82, 2.24) is 0 Å². The lowest BCUT2D eigenvalue weighted by Gasteiger charge is -2.28. The predicted molar refractivity (Wildman–Crippen MR) is 64.5 cm³/mol. The van der Waals surface area contributed by atoms with Gasteiger partial charge in [0, 0.05) is 0 Å². The van der Waals surface area contributed by atoms with Crippen LogP contribution in [0.25, 0.3) is 0 Å². The number of hydrogen-bond donors (Lipinski definition) is 0. The first kappa shape index (κ1) is 14.7. The standard InChI is InChI=1S/C9H12Cl4O3/c1-2-3-4-15-7(14)9(13)8(11,12)6(10)5-16-9/h6H,2-5H2,1H3. The van der Waals surface area contributed by atoms with E-state index in [1.54, 1.807) is 0 Å². The number of halogens is 4. The molecule has 0 aromatic rings. The molecule has 2 unspecified atom stereocenters. The molecule has 1 aliphatic heterocycles. The zero-order valence-corrected chi connectivity index (χ0v) is 11.7. The number of rotatable bonds is 4. The zero-order chi connectivity index (χ0) is 12.4. The van der Waals surface area contributed by atoms with Crippen molar-refractivity contribution >= 4 is 52.4 Å². The molecule has 2 atom stereocenters. The van der Waals surface area contributed by atoms with Gasteiger partial charge in [-0.2, -0.15) is 0 Å². The van der Waals surface area contributed by atoms with Gasteiger partial charge < -0.3 is 9.47 Å². The highest BCUT2D eigenvalue weighted by molar-refractivity contribution is 6.59. The quantitative estimate of drug-likeness (QED) is 0.455. The van der Waals surface area contributed by atoms with E-state index >= 15 is 0 Å². The highest BCUT2D eigenvalue weighted by Gasteiger charge is 2.65. The lowest BCUT2D eigenvalue weighted by Crippen LogP contribution is -2.49. The Morgan fingerprint density at radius 2 is 2.12 bits per heavy atom. The number of carbonyl (C=O) groups is 1. The number of unbranched alkanes of at least 4 members (excludes halogenated alkanes) is 1. The third kappa shape index (κ3) is 2.54. The summed E-state index contributed by atoms with van der Waals surface area (Å²) in [4.78, 5) is 11.7. The van der Waals surface area contributed by atoms with Crippen molar-refractivity contribution in [2.45, 2.75) is 34.5 Å². The Labute approximate surface area is 114 Å². The minimum Gasteiger partial charge on any atom is -0.463 e. The molecule has 16 heavy (non-hydrogen) atoms.